The van der Waals surface area contributed by atoms with Crippen LogP contribution >= 0.6 is 43.5 Å². The standard InChI is InChI=1S/C22H17Br2ClN4O/c1-12-8-15(13(2)28(12)17-5-6-19(24)20(25)10-17)11-26-29-14(3)27-21-7-4-16(23)9-18(21)22(29)30/h4-11H,1-3H3. The molecule has 4 rings (SSSR count). The average molecular weight is 549 g/mol. The first-order valence-corrected chi connectivity index (χ1v) is 11.1. The highest BCUT2D eigenvalue weighted by Crippen LogP contribution is 2.27. The highest BCUT2D eigenvalue weighted by atomic mass is 79.9. The fourth-order valence-corrected chi connectivity index (χ4v) is 4.24. The van der Waals surface area contributed by atoms with E-state index in [-0.39, 0.29) is 5.56 Å². The zero-order valence-electron chi connectivity index (χ0n) is 16.4. The van der Waals surface area contributed by atoms with Crippen LogP contribution in [0.1, 0.15) is 22.8 Å². The summed E-state index contributed by atoms with van der Waals surface area (Å²) in [6.07, 6.45) is 1.69. The molecule has 0 saturated carbocycles. The Morgan fingerprint density at radius 1 is 1.07 bits per heavy atom. The highest BCUT2D eigenvalue weighted by Gasteiger charge is 2.12. The van der Waals surface area contributed by atoms with Crippen LogP contribution in [0.2, 0.25) is 5.02 Å². The fraction of sp³-hybridized carbons (Fsp3) is 0.136. The molecule has 0 aliphatic carbocycles. The SMILES string of the molecule is Cc1cc(C=Nn2c(C)nc3ccc(Br)cc3c2=O)c(C)n1-c1ccc(Br)c(Cl)c1. The molecule has 0 radical (unpaired) electrons. The molecule has 0 amide bonds. The summed E-state index contributed by atoms with van der Waals surface area (Å²) in [5, 5.41) is 5.61. The predicted octanol–water partition coefficient (Wildman–Crippen LogP) is 6.17. The van der Waals surface area contributed by atoms with Crippen molar-refractivity contribution in [3.63, 3.8) is 0 Å². The number of nitrogens with zero attached hydrogens (tertiary/aromatic N) is 4. The Labute approximate surface area is 195 Å². The topological polar surface area (TPSA) is 52.2 Å². The summed E-state index contributed by atoms with van der Waals surface area (Å²) in [7, 11) is 0. The number of aromatic nitrogens is 3. The van der Waals surface area contributed by atoms with Gasteiger partial charge in [0.05, 0.1) is 22.1 Å². The zero-order chi connectivity index (χ0) is 21.6. The molecule has 0 aliphatic heterocycles. The second kappa shape index (κ2) is 8.13. The molecular weight excluding hydrogens is 532 g/mol. The van der Waals surface area contributed by atoms with Gasteiger partial charge < -0.3 is 4.57 Å². The molecule has 0 N–H and O–H groups in total. The first kappa shape index (κ1) is 21.0. The van der Waals surface area contributed by atoms with Crippen LogP contribution in [-0.2, 0) is 0 Å². The Balaban J connectivity index is 1.79. The van der Waals surface area contributed by atoms with E-state index >= 15 is 0 Å². The largest absolute Gasteiger partial charge is 0.318 e. The van der Waals surface area contributed by atoms with Crippen molar-refractivity contribution in [1.29, 1.82) is 0 Å². The number of aryl methyl sites for hydroxylation is 2. The molecule has 0 fully saturated rings. The van der Waals surface area contributed by atoms with Gasteiger partial charge in [0.2, 0.25) is 0 Å². The van der Waals surface area contributed by atoms with Crippen molar-refractivity contribution in [2.24, 2.45) is 5.10 Å². The Kier molecular flexibility index (Phi) is 5.70. The van der Waals surface area contributed by atoms with Crippen molar-refractivity contribution >= 4 is 60.6 Å². The van der Waals surface area contributed by atoms with Crippen LogP contribution in [0.25, 0.3) is 16.6 Å². The number of rotatable bonds is 3. The zero-order valence-corrected chi connectivity index (χ0v) is 20.4. The van der Waals surface area contributed by atoms with Gasteiger partial charge in [-0.25, -0.2) is 4.98 Å². The number of benzene rings is 2. The third-order valence-corrected chi connectivity index (χ3v) is 6.64. The summed E-state index contributed by atoms with van der Waals surface area (Å²) in [5.41, 5.74) is 4.35. The third-order valence-electron chi connectivity index (χ3n) is 4.91. The number of fused-ring (bicyclic) bond motifs is 1. The van der Waals surface area contributed by atoms with Gasteiger partial charge in [-0.1, -0.05) is 27.5 Å². The van der Waals surface area contributed by atoms with Gasteiger partial charge in [0, 0.05) is 31.6 Å². The minimum absolute atomic E-state index is 0.205. The van der Waals surface area contributed by atoms with Crippen LogP contribution in [0.15, 0.2) is 61.3 Å². The summed E-state index contributed by atoms with van der Waals surface area (Å²) in [4.78, 5) is 17.4. The average Bonchev–Trinajstić information content (AvgIpc) is 2.98. The van der Waals surface area contributed by atoms with Crippen LogP contribution in [0.4, 0.5) is 0 Å². The number of hydrogen-bond acceptors (Lipinski definition) is 3. The quantitative estimate of drug-likeness (QED) is 0.288. The normalized spacial score (nSPS) is 11.7. The maximum Gasteiger partial charge on any atom is 0.282 e. The maximum atomic E-state index is 12.9. The molecule has 0 spiro atoms. The van der Waals surface area contributed by atoms with Crippen molar-refractivity contribution < 1.29 is 0 Å². The molecule has 0 aliphatic rings. The summed E-state index contributed by atoms with van der Waals surface area (Å²) >= 11 is 13.1. The molecular formula is C22H17Br2ClN4O. The fourth-order valence-electron chi connectivity index (χ4n) is 3.46. The minimum Gasteiger partial charge on any atom is -0.318 e. The van der Waals surface area contributed by atoms with Gasteiger partial charge in [0.1, 0.15) is 5.82 Å². The Hall–Kier alpha value is -2.22. The molecule has 0 unspecified atom stereocenters. The molecule has 2 aromatic heterocycles. The molecule has 2 aromatic carbocycles. The predicted molar refractivity (Wildman–Crippen MR) is 129 cm³/mol. The Bertz CT molecular complexity index is 1390. The molecule has 4 aromatic rings. The van der Waals surface area contributed by atoms with E-state index in [9.17, 15) is 4.79 Å². The van der Waals surface area contributed by atoms with Crippen LogP contribution in [-0.4, -0.2) is 20.4 Å². The summed E-state index contributed by atoms with van der Waals surface area (Å²) in [5.74, 6) is 0.527. The molecule has 0 bridgehead atoms. The van der Waals surface area contributed by atoms with Gasteiger partial charge in [-0.2, -0.15) is 9.78 Å². The monoisotopic (exact) mass is 546 g/mol. The van der Waals surface area contributed by atoms with E-state index < -0.39 is 0 Å². The number of halogens is 3. The van der Waals surface area contributed by atoms with Crippen LogP contribution < -0.4 is 5.56 Å². The lowest BCUT2D eigenvalue weighted by molar-refractivity contribution is 0.770. The molecule has 5 nitrogen and oxygen atoms in total. The van der Waals surface area contributed by atoms with Crippen molar-refractivity contribution in [3.05, 3.63) is 89.6 Å². The second-order valence-electron chi connectivity index (χ2n) is 6.94. The van der Waals surface area contributed by atoms with E-state index in [0.717, 1.165) is 31.6 Å². The third kappa shape index (κ3) is 3.77. The van der Waals surface area contributed by atoms with Crippen LogP contribution in [0.3, 0.4) is 0 Å². The van der Waals surface area contributed by atoms with E-state index in [4.69, 9.17) is 11.6 Å². The molecule has 0 saturated heterocycles. The first-order valence-electron chi connectivity index (χ1n) is 9.14. The van der Waals surface area contributed by atoms with Crippen LogP contribution in [0, 0.1) is 20.8 Å². The van der Waals surface area contributed by atoms with E-state index in [1.807, 2.05) is 50.2 Å². The summed E-state index contributed by atoms with van der Waals surface area (Å²) < 4.78 is 5.11. The van der Waals surface area contributed by atoms with Crippen molar-refractivity contribution in [3.8, 4) is 5.69 Å². The van der Waals surface area contributed by atoms with Crippen LogP contribution in [0.5, 0.6) is 0 Å². The van der Waals surface area contributed by atoms with Crippen molar-refractivity contribution in [2.45, 2.75) is 20.8 Å². The second-order valence-corrected chi connectivity index (χ2v) is 9.12. The molecule has 0 atom stereocenters. The van der Waals surface area contributed by atoms with Gasteiger partial charge in [0.15, 0.2) is 0 Å². The van der Waals surface area contributed by atoms with Gasteiger partial charge in [0.25, 0.3) is 5.56 Å². The van der Waals surface area contributed by atoms with Gasteiger partial charge in [-0.3, -0.25) is 4.79 Å². The summed E-state index contributed by atoms with van der Waals surface area (Å²) in [6, 6.07) is 13.3. The Morgan fingerprint density at radius 2 is 1.83 bits per heavy atom. The minimum atomic E-state index is -0.205. The number of hydrogen-bond donors (Lipinski definition) is 0. The van der Waals surface area contributed by atoms with Crippen molar-refractivity contribution in [2.75, 3.05) is 0 Å². The molecule has 152 valence electrons. The van der Waals surface area contributed by atoms with E-state index in [1.54, 1.807) is 19.2 Å². The lowest BCUT2D eigenvalue weighted by atomic mass is 10.2. The summed E-state index contributed by atoms with van der Waals surface area (Å²) in [6.45, 7) is 5.80. The lowest BCUT2D eigenvalue weighted by Crippen LogP contribution is -2.20. The molecule has 30 heavy (non-hydrogen) atoms. The van der Waals surface area contributed by atoms with E-state index in [1.165, 1.54) is 4.68 Å². The van der Waals surface area contributed by atoms with Gasteiger partial charge in [-0.05, 0) is 79.2 Å². The highest BCUT2D eigenvalue weighted by molar-refractivity contribution is 9.10. The van der Waals surface area contributed by atoms with Crippen molar-refractivity contribution in [1.82, 2.24) is 14.2 Å². The maximum absolute atomic E-state index is 12.9. The molecule has 2 heterocycles. The van der Waals surface area contributed by atoms with E-state index in [2.05, 4.69) is 46.5 Å². The smallest absolute Gasteiger partial charge is 0.282 e. The van der Waals surface area contributed by atoms with E-state index in [0.29, 0.717) is 21.7 Å². The molecule has 8 heteroatoms. The lowest BCUT2D eigenvalue weighted by Gasteiger charge is -2.10. The Morgan fingerprint density at radius 3 is 2.57 bits per heavy atom. The first-order chi connectivity index (χ1) is 14.3. The van der Waals surface area contributed by atoms with Gasteiger partial charge in [-0.15, -0.1) is 0 Å². The van der Waals surface area contributed by atoms with Gasteiger partial charge >= 0.3 is 0 Å².